The number of hydrogen-bond acceptors (Lipinski definition) is 8. The summed E-state index contributed by atoms with van der Waals surface area (Å²) in [6, 6.07) is 1.54. The third-order valence-electron chi connectivity index (χ3n) is 4.40. The van der Waals surface area contributed by atoms with Crippen LogP contribution in [0.1, 0.15) is 40.0 Å². The molecule has 0 unspecified atom stereocenters. The Labute approximate surface area is 182 Å². The maximum absolute atomic E-state index is 12.8. The van der Waals surface area contributed by atoms with Crippen LogP contribution < -0.4 is 11.0 Å². The van der Waals surface area contributed by atoms with Crippen molar-refractivity contribution in [3.05, 3.63) is 34.6 Å². The zero-order chi connectivity index (χ0) is 22.7. The lowest BCUT2D eigenvalue weighted by molar-refractivity contribution is -0.167. The van der Waals surface area contributed by atoms with Crippen molar-refractivity contribution in [2.45, 2.75) is 52.9 Å². The van der Waals surface area contributed by atoms with Gasteiger partial charge in [-0.2, -0.15) is 4.98 Å². The van der Waals surface area contributed by atoms with Crippen molar-refractivity contribution in [1.82, 2.24) is 9.55 Å². The molecule has 1 N–H and O–H groups in total. The van der Waals surface area contributed by atoms with Crippen LogP contribution in [0.5, 0.6) is 0 Å². The molecule has 1 aromatic rings. The van der Waals surface area contributed by atoms with Crippen LogP contribution in [0, 0.1) is 5.92 Å². The molecule has 0 bridgehead atoms. The highest BCUT2D eigenvalue weighted by Crippen LogP contribution is 2.49. The molecule has 1 fully saturated rings. The molecular weight excluding hydrogens is 425 g/mol. The van der Waals surface area contributed by atoms with Gasteiger partial charge in [-0.25, -0.2) is 4.79 Å². The topological polar surface area (TPSA) is 118 Å². The Balaban J connectivity index is 2.16. The molecule has 174 valence electrons. The van der Waals surface area contributed by atoms with Crippen molar-refractivity contribution < 1.29 is 27.9 Å². The van der Waals surface area contributed by atoms with E-state index in [1.54, 1.807) is 32.2 Å². The average Bonchev–Trinajstić information content (AvgIpc) is 2.72. The quantitative estimate of drug-likeness (QED) is 0.476. The maximum Gasteiger partial charge on any atom is 0.353 e. The summed E-state index contributed by atoms with van der Waals surface area (Å²) >= 11 is 0. The summed E-state index contributed by atoms with van der Waals surface area (Å²) in [7, 11) is -3.39. The number of amides is 1. The first-order chi connectivity index (χ1) is 14.8. The normalized spacial score (nSPS) is 18.2. The Morgan fingerprint density at radius 1 is 1.39 bits per heavy atom. The molecule has 0 aromatic carbocycles. The van der Waals surface area contributed by atoms with Crippen molar-refractivity contribution in [3.8, 4) is 0 Å². The van der Waals surface area contributed by atoms with E-state index in [2.05, 4.69) is 10.3 Å². The van der Waals surface area contributed by atoms with E-state index in [1.165, 1.54) is 17.3 Å². The van der Waals surface area contributed by atoms with Gasteiger partial charge in [-0.3, -0.25) is 13.9 Å². The molecule has 11 heteroatoms. The second-order valence-corrected chi connectivity index (χ2v) is 8.93. The molecule has 1 amide bonds. The predicted octanol–water partition coefficient (Wildman–Crippen LogP) is 3.14. The third-order valence-corrected chi connectivity index (χ3v) is 6.18. The van der Waals surface area contributed by atoms with Gasteiger partial charge in [0.25, 0.3) is 0 Å². The minimum atomic E-state index is -3.39. The van der Waals surface area contributed by atoms with Gasteiger partial charge in [-0.05, 0) is 39.2 Å². The first-order valence-electron chi connectivity index (χ1n) is 10.5. The molecule has 1 aromatic heterocycles. The number of aromatic nitrogens is 2. The zero-order valence-electron chi connectivity index (χ0n) is 18.3. The van der Waals surface area contributed by atoms with E-state index in [9.17, 15) is 14.2 Å². The second kappa shape index (κ2) is 12.9. The van der Waals surface area contributed by atoms with Gasteiger partial charge in [0.1, 0.15) is 5.82 Å². The molecule has 1 aliphatic rings. The fraction of sp³-hybridized carbons (Fsp3) is 0.650. The largest absolute Gasteiger partial charge is 0.353 e. The molecule has 2 rings (SSSR count). The minimum Gasteiger partial charge on any atom is -0.353 e. The molecule has 0 saturated carbocycles. The number of rotatable bonds is 12. The molecule has 0 aliphatic carbocycles. The monoisotopic (exact) mass is 457 g/mol. The summed E-state index contributed by atoms with van der Waals surface area (Å²) in [5.74, 6) is 0.976. The van der Waals surface area contributed by atoms with Gasteiger partial charge in [-0.1, -0.05) is 6.08 Å². The SMILES string of the molecule is CCOP(=O)(/C=C/[C@H](CO[C@@H]1CCCCO1)Cn1ccc(NC(C)=O)nc1=O)OCC. The number of nitrogens with zero attached hydrogens (tertiary/aromatic N) is 2. The Morgan fingerprint density at radius 3 is 2.71 bits per heavy atom. The smallest absolute Gasteiger partial charge is 0.353 e. The molecule has 1 saturated heterocycles. The standard InChI is InChI=1S/C20H32N3O7P/c1-4-29-31(26,30-5-2)13-10-17(15-28-19-8-6-7-12-27-19)14-23-11-9-18(21-16(3)24)22-20(23)25/h9-11,13,17,19H,4-8,12,14-15H2,1-3H3,(H,21,22,24,25)/b13-10+/t17-,19+/m0/s1. The van der Waals surface area contributed by atoms with E-state index in [-0.39, 0.29) is 50.3 Å². The Hall–Kier alpha value is -1.84. The summed E-state index contributed by atoms with van der Waals surface area (Å²) in [4.78, 5) is 27.4. The number of carbonyl (C=O) groups excluding carboxylic acids is 1. The molecule has 0 radical (unpaired) electrons. The van der Waals surface area contributed by atoms with E-state index < -0.39 is 13.3 Å². The maximum atomic E-state index is 12.8. The van der Waals surface area contributed by atoms with Crippen LogP contribution in [0.4, 0.5) is 5.82 Å². The Kier molecular flexibility index (Phi) is 10.6. The van der Waals surface area contributed by atoms with Gasteiger partial charge >= 0.3 is 13.3 Å². The van der Waals surface area contributed by atoms with Crippen LogP contribution in [0.15, 0.2) is 29.0 Å². The summed E-state index contributed by atoms with van der Waals surface area (Å²) < 4.78 is 36.3. The highest BCUT2D eigenvalue weighted by molar-refractivity contribution is 7.57. The zero-order valence-corrected chi connectivity index (χ0v) is 19.2. The lowest BCUT2D eigenvalue weighted by atomic mass is 10.1. The first-order valence-corrected chi connectivity index (χ1v) is 12.1. The van der Waals surface area contributed by atoms with E-state index in [1.807, 2.05) is 0 Å². The van der Waals surface area contributed by atoms with Crippen LogP contribution in [-0.4, -0.2) is 48.2 Å². The average molecular weight is 457 g/mol. The van der Waals surface area contributed by atoms with E-state index in [0.717, 1.165) is 19.3 Å². The highest BCUT2D eigenvalue weighted by atomic mass is 31.2. The van der Waals surface area contributed by atoms with Gasteiger partial charge in [0.15, 0.2) is 6.29 Å². The number of anilines is 1. The van der Waals surface area contributed by atoms with Crippen LogP contribution in [0.3, 0.4) is 0 Å². The summed E-state index contributed by atoms with van der Waals surface area (Å²) in [6.45, 7) is 6.44. The van der Waals surface area contributed by atoms with E-state index in [4.69, 9.17) is 18.5 Å². The van der Waals surface area contributed by atoms with E-state index >= 15 is 0 Å². The fourth-order valence-corrected chi connectivity index (χ4v) is 4.44. The predicted molar refractivity (Wildman–Crippen MR) is 116 cm³/mol. The molecule has 31 heavy (non-hydrogen) atoms. The lowest BCUT2D eigenvalue weighted by Crippen LogP contribution is -2.30. The lowest BCUT2D eigenvalue weighted by Gasteiger charge is -2.25. The van der Waals surface area contributed by atoms with Gasteiger partial charge in [0.2, 0.25) is 5.91 Å². The summed E-state index contributed by atoms with van der Waals surface area (Å²) in [5.41, 5.74) is -0.517. The number of carbonyl (C=O) groups is 1. The van der Waals surface area contributed by atoms with Gasteiger partial charge in [0.05, 0.1) is 19.8 Å². The Bertz CT molecular complexity index is 826. The number of hydrogen-bond donors (Lipinski definition) is 1. The van der Waals surface area contributed by atoms with Crippen LogP contribution in [0.25, 0.3) is 0 Å². The molecule has 10 nitrogen and oxygen atoms in total. The Morgan fingerprint density at radius 2 is 2.13 bits per heavy atom. The summed E-state index contributed by atoms with van der Waals surface area (Å²) in [5, 5.41) is 2.48. The van der Waals surface area contributed by atoms with Crippen LogP contribution >= 0.6 is 7.60 Å². The molecule has 2 atom stereocenters. The number of nitrogens with one attached hydrogen (secondary N) is 1. The molecule has 1 aliphatic heterocycles. The van der Waals surface area contributed by atoms with Crippen molar-refractivity contribution in [2.24, 2.45) is 5.92 Å². The van der Waals surface area contributed by atoms with Crippen LogP contribution in [-0.2, 0) is 34.4 Å². The van der Waals surface area contributed by atoms with Crippen molar-refractivity contribution >= 4 is 19.3 Å². The third kappa shape index (κ3) is 9.04. The second-order valence-electron chi connectivity index (χ2n) is 7.04. The first kappa shape index (κ1) is 25.4. The summed E-state index contributed by atoms with van der Waals surface area (Å²) in [6.07, 6.45) is 5.78. The van der Waals surface area contributed by atoms with Gasteiger partial charge in [-0.15, -0.1) is 0 Å². The van der Waals surface area contributed by atoms with Crippen LogP contribution in [0.2, 0.25) is 0 Å². The fourth-order valence-electron chi connectivity index (χ4n) is 3.02. The van der Waals surface area contributed by atoms with Gasteiger partial charge < -0.3 is 23.8 Å². The molecular formula is C20H32N3O7P. The van der Waals surface area contributed by atoms with E-state index in [0.29, 0.717) is 6.61 Å². The highest BCUT2D eigenvalue weighted by Gasteiger charge is 2.22. The molecule has 0 spiro atoms. The molecule has 2 heterocycles. The van der Waals surface area contributed by atoms with Crippen molar-refractivity contribution in [2.75, 3.05) is 31.7 Å². The van der Waals surface area contributed by atoms with Gasteiger partial charge in [0, 0.05) is 38.0 Å². The number of ether oxygens (including phenoxy) is 2. The van der Waals surface area contributed by atoms with Crippen molar-refractivity contribution in [1.29, 1.82) is 0 Å². The minimum absolute atomic E-state index is 0.185. The van der Waals surface area contributed by atoms with Crippen molar-refractivity contribution in [3.63, 3.8) is 0 Å².